The third-order valence-corrected chi connectivity index (χ3v) is 5.56. The smallest absolute Gasteiger partial charge is 0.270 e. The first-order valence-electron chi connectivity index (χ1n) is 10.4. The molecule has 0 aliphatic heterocycles. The van der Waals surface area contributed by atoms with Gasteiger partial charge in [0.05, 0.1) is 25.1 Å². The van der Waals surface area contributed by atoms with Gasteiger partial charge in [-0.15, -0.1) is 0 Å². The van der Waals surface area contributed by atoms with Crippen LogP contribution in [0.4, 0.5) is 0 Å². The summed E-state index contributed by atoms with van der Waals surface area (Å²) in [5.41, 5.74) is -1.66. The maximum atomic E-state index is 13.2. The minimum Gasteiger partial charge on any atom is -0.548 e. The van der Waals surface area contributed by atoms with Gasteiger partial charge in [0.2, 0.25) is 5.88 Å². The van der Waals surface area contributed by atoms with Gasteiger partial charge in [0, 0.05) is 5.02 Å². The molecule has 11 heteroatoms. The number of amides is 2. The SMILES string of the molecule is C[C@@H](NC(=O)c1c(O)c(C(=O)NCC(=O)[O-])c(O)n(Cc2ccccc2Cl)c1=O)c1ccccc1. The molecule has 3 aromatic rings. The number of carboxylic acids is 1. The Morgan fingerprint density at radius 1 is 1.00 bits per heavy atom. The summed E-state index contributed by atoms with van der Waals surface area (Å²) < 4.78 is 0.691. The first kappa shape index (κ1) is 25.3. The molecule has 0 aliphatic carbocycles. The largest absolute Gasteiger partial charge is 0.548 e. The number of aromatic nitrogens is 1. The Morgan fingerprint density at radius 2 is 1.63 bits per heavy atom. The van der Waals surface area contributed by atoms with Crippen LogP contribution in [0.2, 0.25) is 5.02 Å². The molecule has 2 aromatic carbocycles. The van der Waals surface area contributed by atoms with Crippen LogP contribution < -0.4 is 21.3 Å². The van der Waals surface area contributed by atoms with Gasteiger partial charge in [-0.25, -0.2) is 0 Å². The Bertz CT molecular complexity index is 1340. The Labute approximate surface area is 204 Å². The molecule has 2 amide bonds. The summed E-state index contributed by atoms with van der Waals surface area (Å²) in [5, 5.41) is 36.9. The first-order valence-corrected chi connectivity index (χ1v) is 10.8. The van der Waals surface area contributed by atoms with Gasteiger partial charge in [-0.1, -0.05) is 60.1 Å². The maximum Gasteiger partial charge on any atom is 0.270 e. The van der Waals surface area contributed by atoms with Crippen LogP contribution in [-0.4, -0.2) is 39.1 Å². The normalized spacial score (nSPS) is 11.5. The van der Waals surface area contributed by atoms with Crippen molar-refractivity contribution < 1.29 is 29.7 Å². The number of rotatable bonds is 8. The molecule has 0 fully saturated rings. The van der Waals surface area contributed by atoms with E-state index in [1.807, 2.05) is 5.32 Å². The van der Waals surface area contributed by atoms with E-state index in [9.17, 15) is 34.5 Å². The zero-order chi connectivity index (χ0) is 25.7. The average Bonchev–Trinajstić information content (AvgIpc) is 2.82. The van der Waals surface area contributed by atoms with E-state index in [0.717, 1.165) is 0 Å². The summed E-state index contributed by atoms with van der Waals surface area (Å²) in [6.07, 6.45) is 0. The number of carbonyl (C=O) groups is 3. The van der Waals surface area contributed by atoms with Gasteiger partial charge in [0.1, 0.15) is 11.1 Å². The lowest BCUT2D eigenvalue weighted by atomic mass is 10.1. The summed E-state index contributed by atoms with van der Waals surface area (Å²) in [6, 6.07) is 14.6. The number of nitrogens with zero attached hydrogens (tertiary/aromatic N) is 1. The molecule has 0 radical (unpaired) electrons. The number of aromatic hydroxyl groups is 2. The molecule has 0 unspecified atom stereocenters. The van der Waals surface area contributed by atoms with Crippen molar-refractivity contribution in [1.29, 1.82) is 0 Å². The maximum absolute atomic E-state index is 13.2. The minimum absolute atomic E-state index is 0.249. The van der Waals surface area contributed by atoms with Crippen LogP contribution in [0.5, 0.6) is 11.6 Å². The van der Waals surface area contributed by atoms with Crippen molar-refractivity contribution in [1.82, 2.24) is 15.2 Å². The fourth-order valence-electron chi connectivity index (χ4n) is 3.39. The standard InChI is InChI=1S/C24H22ClN3O7/c1-13(14-7-3-2-4-8-14)27-22(33)19-20(31)18(21(32)26-11-17(29)30)23(34)28(24(19)35)12-15-9-5-6-10-16(15)25/h2-10,13,31,34H,11-12H2,1H3,(H,26,32)(H,27,33)(H,29,30)/p-1/t13-/m1/s1. The number of hydrogen-bond acceptors (Lipinski definition) is 7. The van der Waals surface area contributed by atoms with E-state index in [1.165, 1.54) is 0 Å². The third kappa shape index (κ3) is 5.61. The van der Waals surface area contributed by atoms with Crippen molar-refractivity contribution in [3.05, 3.63) is 92.2 Å². The highest BCUT2D eigenvalue weighted by atomic mass is 35.5. The van der Waals surface area contributed by atoms with Gasteiger partial charge >= 0.3 is 0 Å². The monoisotopic (exact) mass is 498 g/mol. The number of aliphatic carboxylic acids is 1. The summed E-state index contributed by atoms with van der Waals surface area (Å²) in [6.45, 7) is 0.369. The Kier molecular flexibility index (Phi) is 7.77. The molecule has 0 saturated heterocycles. The molecule has 0 aliphatic rings. The van der Waals surface area contributed by atoms with E-state index >= 15 is 0 Å². The van der Waals surface area contributed by atoms with E-state index < -0.39 is 58.7 Å². The van der Waals surface area contributed by atoms with Gasteiger partial charge in [-0.2, -0.15) is 0 Å². The molecular weight excluding hydrogens is 478 g/mol. The first-order chi connectivity index (χ1) is 16.6. The van der Waals surface area contributed by atoms with Crippen molar-refractivity contribution in [3.8, 4) is 11.6 Å². The van der Waals surface area contributed by atoms with Crippen molar-refractivity contribution >= 4 is 29.4 Å². The number of hydrogen-bond donors (Lipinski definition) is 4. The van der Waals surface area contributed by atoms with E-state index in [0.29, 0.717) is 15.7 Å². The van der Waals surface area contributed by atoms with Crippen LogP contribution >= 0.6 is 11.6 Å². The number of carboxylic acid groups (broad SMARTS) is 1. The van der Waals surface area contributed by atoms with Crippen molar-refractivity contribution in [2.24, 2.45) is 0 Å². The van der Waals surface area contributed by atoms with E-state index in [-0.39, 0.29) is 11.6 Å². The molecule has 1 heterocycles. The second-order valence-corrected chi connectivity index (χ2v) is 7.97. The third-order valence-electron chi connectivity index (χ3n) is 5.19. The van der Waals surface area contributed by atoms with Crippen LogP contribution in [-0.2, 0) is 11.3 Å². The van der Waals surface area contributed by atoms with Crippen molar-refractivity contribution in [3.63, 3.8) is 0 Å². The molecule has 35 heavy (non-hydrogen) atoms. The molecule has 0 bridgehead atoms. The summed E-state index contributed by atoms with van der Waals surface area (Å²) in [5.74, 6) is -5.95. The van der Waals surface area contributed by atoms with Crippen LogP contribution in [0.15, 0.2) is 59.4 Å². The minimum atomic E-state index is -1.63. The van der Waals surface area contributed by atoms with Gasteiger partial charge in [0.15, 0.2) is 5.75 Å². The van der Waals surface area contributed by atoms with E-state index in [2.05, 4.69) is 5.32 Å². The van der Waals surface area contributed by atoms with E-state index in [1.54, 1.807) is 61.5 Å². The quantitative estimate of drug-likeness (QED) is 0.359. The number of benzene rings is 2. The highest BCUT2D eigenvalue weighted by Crippen LogP contribution is 2.30. The molecule has 3 rings (SSSR count). The van der Waals surface area contributed by atoms with Crippen LogP contribution in [0, 0.1) is 0 Å². The van der Waals surface area contributed by atoms with Gasteiger partial charge in [0.25, 0.3) is 17.4 Å². The summed E-state index contributed by atoms with van der Waals surface area (Å²) in [4.78, 5) is 49.6. The molecule has 182 valence electrons. The summed E-state index contributed by atoms with van der Waals surface area (Å²) in [7, 11) is 0. The highest BCUT2D eigenvalue weighted by Gasteiger charge is 2.30. The molecule has 10 nitrogen and oxygen atoms in total. The molecular formula is C24H21ClN3O7-. The molecule has 0 spiro atoms. The highest BCUT2D eigenvalue weighted by molar-refractivity contribution is 6.31. The van der Waals surface area contributed by atoms with Gasteiger partial charge < -0.3 is 30.7 Å². The number of nitrogens with one attached hydrogen (secondary N) is 2. The topological polar surface area (TPSA) is 161 Å². The van der Waals surface area contributed by atoms with Gasteiger partial charge in [-0.3, -0.25) is 19.0 Å². The molecule has 1 aromatic heterocycles. The fraction of sp³-hybridized carbons (Fsp3) is 0.167. The lowest BCUT2D eigenvalue weighted by molar-refractivity contribution is -0.303. The number of halogens is 1. The Morgan fingerprint density at radius 3 is 2.26 bits per heavy atom. The molecule has 4 N–H and O–H groups in total. The Hall–Kier alpha value is -4.31. The van der Waals surface area contributed by atoms with Crippen LogP contribution in [0.1, 0.15) is 44.8 Å². The predicted octanol–water partition coefficient (Wildman–Crippen LogP) is 0.932. The molecule has 1 atom stereocenters. The lowest BCUT2D eigenvalue weighted by Crippen LogP contribution is -2.39. The lowest BCUT2D eigenvalue weighted by Gasteiger charge is -2.19. The number of carbonyl (C=O) groups excluding carboxylic acids is 3. The van der Waals surface area contributed by atoms with Crippen LogP contribution in [0.3, 0.4) is 0 Å². The average molecular weight is 499 g/mol. The second kappa shape index (κ2) is 10.7. The van der Waals surface area contributed by atoms with Gasteiger partial charge in [-0.05, 0) is 24.1 Å². The van der Waals surface area contributed by atoms with Crippen molar-refractivity contribution in [2.75, 3.05) is 6.54 Å². The fourth-order valence-corrected chi connectivity index (χ4v) is 3.59. The van der Waals surface area contributed by atoms with Crippen molar-refractivity contribution in [2.45, 2.75) is 19.5 Å². The Balaban J connectivity index is 2.12. The predicted molar refractivity (Wildman–Crippen MR) is 124 cm³/mol. The zero-order valence-electron chi connectivity index (χ0n) is 18.4. The number of pyridine rings is 1. The molecule has 0 saturated carbocycles. The summed E-state index contributed by atoms with van der Waals surface area (Å²) >= 11 is 6.16. The van der Waals surface area contributed by atoms with E-state index in [4.69, 9.17) is 11.6 Å². The second-order valence-electron chi connectivity index (χ2n) is 7.57. The van der Waals surface area contributed by atoms with Crippen LogP contribution in [0.25, 0.3) is 0 Å². The zero-order valence-corrected chi connectivity index (χ0v) is 19.2.